The molecule has 20 heavy (non-hydrogen) atoms. The lowest BCUT2D eigenvalue weighted by Gasteiger charge is -2.11. The average molecular weight is 281 g/mol. The van der Waals surface area contributed by atoms with Crippen LogP contribution in [0.1, 0.15) is 18.1 Å². The Balaban J connectivity index is 2.30. The molecule has 1 amide bonds. The molecular formula is C14H19NO5. The molecule has 0 radical (unpaired) electrons. The zero-order chi connectivity index (χ0) is 15.0. The van der Waals surface area contributed by atoms with Crippen LogP contribution in [0, 0.1) is 5.92 Å². The summed E-state index contributed by atoms with van der Waals surface area (Å²) in [6.45, 7) is 1.92. The monoisotopic (exact) mass is 281 g/mol. The second-order valence-electron chi connectivity index (χ2n) is 4.36. The Bertz CT molecular complexity index is 443. The number of ether oxygens (including phenoxy) is 2. The van der Waals surface area contributed by atoms with Gasteiger partial charge in [-0.3, -0.25) is 4.79 Å². The number of methoxy groups -OCH3 is 1. The van der Waals surface area contributed by atoms with Gasteiger partial charge in [0.05, 0.1) is 19.6 Å². The number of carbonyl (C=O) groups is 2. The molecule has 0 heterocycles. The summed E-state index contributed by atoms with van der Waals surface area (Å²) in [4.78, 5) is 22.6. The summed E-state index contributed by atoms with van der Waals surface area (Å²) in [7, 11) is 1.30. The van der Waals surface area contributed by atoms with E-state index in [4.69, 9.17) is 9.84 Å². The average Bonchev–Trinajstić information content (AvgIpc) is 2.50. The number of aliphatic hydroxyl groups is 1. The highest BCUT2D eigenvalue weighted by molar-refractivity contribution is 5.73. The molecule has 0 spiro atoms. The van der Waals surface area contributed by atoms with Crippen molar-refractivity contribution in [2.75, 3.05) is 13.7 Å². The van der Waals surface area contributed by atoms with Crippen molar-refractivity contribution in [2.45, 2.75) is 20.1 Å². The van der Waals surface area contributed by atoms with Crippen LogP contribution >= 0.6 is 0 Å². The van der Waals surface area contributed by atoms with E-state index in [9.17, 15) is 9.59 Å². The number of amides is 1. The quantitative estimate of drug-likeness (QED) is 0.766. The Kier molecular flexibility index (Phi) is 6.52. The minimum atomic E-state index is -0.591. The number of hydrogen-bond acceptors (Lipinski definition) is 5. The van der Waals surface area contributed by atoms with E-state index < -0.39 is 12.0 Å². The highest BCUT2D eigenvalue weighted by atomic mass is 16.5. The lowest BCUT2D eigenvalue weighted by molar-refractivity contribution is -0.144. The van der Waals surface area contributed by atoms with Gasteiger partial charge in [0, 0.05) is 6.54 Å². The fourth-order valence-corrected chi connectivity index (χ4v) is 1.46. The first-order valence-corrected chi connectivity index (χ1v) is 6.24. The molecular weight excluding hydrogens is 262 g/mol. The number of carbonyl (C=O) groups excluding carboxylic acids is 2. The van der Waals surface area contributed by atoms with Gasteiger partial charge in [0.25, 0.3) is 0 Å². The molecule has 1 aromatic rings. The van der Waals surface area contributed by atoms with Gasteiger partial charge in [-0.1, -0.05) is 31.2 Å². The summed E-state index contributed by atoms with van der Waals surface area (Å²) in [6.07, 6.45) is -0.591. The topological polar surface area (TPSA) is 84.9 Å². The van der Waals surface area contributed by atoms with Gasteiger partial charge in [-0.25, -0.2) is 4.79 Å². The Labute approximate surface area is 117 Å². The largest absolute Gasteiger partial charge is 0.469 e. The predicted molar refractivity (Wildman–Crippen MR) is 71.7 cm³/mol. The fraction of sp³-hybridized carbons (Fsp3) is 0.429. The Morgan fingerprint density at radius 3 is 2.40 bits per heavy atom. The van der Waals surface area contributed by atoms with Crippen molar-refractivity contribution in [1.82, 2.24) is 5.32 Å². The number of benzene rings is 1. The zero-order valence-corrected chi connectivity index (χ0v) is 11.6. The molecule has 0 aliphatic heterocycles. The van der Waals surface area contributed by atoms with Gasteiger partial charge < -0.3 is 19.9 Å². The molecule has 0 aliphatic carbocycles. The van der Waals surface area contributed by atoms with E-state index in [1.165, 1.54) is 7.11 Å². The van der Waals surface area contributed by atoms with E-state index in [0.717, 1.165) is 11.1 Å². The van der Waals surface area contributed by atoms with Gasteiger partial charge in [-0.2, -0.15) is 0 Å². The number of alkyl carbamates (subject to hydrolysis) is 1. The van der Waals surface area contributed by atoms with E-state index in [1.54, 1.807) is 31.2 Å². The zero-order valence-electron chi connectivity index (χ0n) is 11.6. The normalized spacial score (nSPS) is 11.6. The molecule has 1 atom stereocenters. The van der Waals surface area contributed by atoms with E-state index in [2.05, 4.69) is 10.1 Å². The van der Waals surface area contributed by atoms with Gasteiger partial charge >= 0.3 is 12.1 Å². The molecule has 0 fully saturated rings. The standard InChI is InChI=1S/C14H19NO5/c1-10(13(17)19-2)7-15-14(18)20-9-12-5-3-11(8-16)4-6-12/h3-6,10,16H,7-9H2,1-2H3,(H,15,18)/t10-/m1/s1. The molecule has 0 saturated heterocycles. The first kappa shape index (κ1) is 16.0. The van der Waals surface area contributed by atoms with Crippen LogP contribution in [0.15, 0.2) is 24.3 Å². The third kappa shape index (κ3) is 5.27. The van der Waals surface area contributed by atoms with E-state index in [0.29, 0.717) is 0 Å². The minimum Gasteiger partial charge on any atom is -0.469 e. The van der Waals surface area contributed by atoms with Crippen molar-refractivity contribution in [3.05, 3.63) is 35.4 Å². The summed E-state index contributed by atoms with van der Waals surface area (Å²) in [5, 5.41) is 11.4. The highest BCUT2D eigenvalue weighted by Crippen LogP contribution is 2.05. The molecule has 1 aromatic carbocycles. The van der Waals surface area contributed by atoms with Crippen LogP contribution in [0.4, 0.5) is 4.79 Å². The van der Waals surface area contributed by atoms with Crippen molar-refractivity contribution >= 4 is 12.1 Å². The van der Waals surface area contributed by atoms with E-state index in [-0.39, 0.29) is 25.7 Å². The van der Waals surface area contributed by atoms with Crippen LogP contribution in [0.5, 0.6) is 0 Å². The van der Waals surface area contributed by atoms with Crippen LogP contribution in [-0.4, -0.2) is 30.8 Å². The number of rotatable bonds is 6. The molecule has 0 aromatic heterocycles. The van der Waals surface area contributed by atoms with Crippen molar-refractivity contribution in [3.63, 3.8) is 0 Å². The van der Waals surface area contributed by atoms with Crippen LogP contribution in [0.3, 0.4) is 0 Å². The number of esters is 1. The van der Waals surface area contributed by atoms with Gasteiger partial charge in [0.1, 0.15) is 6.61 Å². The maximum absolute atomic E-state index is 11.4. The molecule has 2 N–H and O–H groups in total. The van der Waals surface area contributed by atoms with Gasteiger partial charge in [-0.05, 0) is 11.1 Å². The molecule has 0 saturated carbocycles. The second kappa shape index (κ2) is 8.16. The summed E-state index contributed by atoms with van der Waals surface area (Å²) in [5.41, 5.74) is 1.61. The first-order chi connectivity index (χ1) is 9.56. The molecule has 0 unspecified atom stereocenters. The van der Waals surface area contributed by atoms with Gasteiger partial charge in [-0.15, -0.1) is 0 Å². The molecule has 1 rings (SSSR count). The number of hydrogen-bond donors (Lipinski definition) is 2. The van der Waals surface area contributed by atoms with Crippen LogP contribution in [-0.2, 0) is 27.5 Å². The maximum Gasteiger partial charge on any atom is 0.407 e. The SMILES string of the molecule is COC(=O)[C@H](C)CNC(=O)OCc1ccc(CO)cc1. The maximum atomic E-state index is 11.4. The first-order valence-electron chi connectivity index (χ1n) is 6.24. The van der Waals surface area contributed by atoms with Crippen molar-refractivity contribution < 1.29 is 24.2 Å². The van der Waals surface area contributed by atoms with Gasteiger partial charge in [0.15, 0.2) is 0 Å². The van der Waals surface area contributed by atoms with Crippen LogP contribution in [0.2, 0.25) is 0 Å². The van der Waals surface area contributed by atoms with Crippen LogP contribution < -0.4 is 5.32 Å². The fourth-order valence-electron chi connectivity index (χ4n) is 1.46. The number of nitrogens with one attached hydrogen (secondary N) is 1. The third-order valence-electron chi connectivity index (χ3n) is 2.73. The second-order valence-corrected chi connectivity index (χ2v) is 4.36. The summed E-state index contributed by atoms with van der Waals surface area (Å²) in [5.74, 6) is -0.804. The van der Waals surface area contributed by atoms with Crippen molar-refractivity contribution in [2.24, 2.45) is 5.92 Å². The summed E-state index contributed by atoms with van der Waals surface area (Å²) in [6, 6.07) is 7.07. The third-order valence-corrected chi connectivity index (χ3v) is 2.73. The van der Waals surface area contributed by atoms with Crippen molar-refractivity contribution in [3.8, 4) is 0 Å². The summed E-state index contributed by atoms with van der Waals surface area (Å²) >= 11 is 0. The molecule has 6 heteroatoms. The van der Waals surface area contributed by atoms with Crippen molar-refractivity contribution in [1.29, 1.82) is 0 Å². The minimum absolute atomic E-state index is 0.0208. The smallest absolute Gasteiger partial charge is 0.407 e. The summed E-state index contributed by atoms with van der Waals surface area (Å²) < 4.78 is 9.54. The number of aliphatic hydroxyl groups excluding tert-OH is 1. The molecule has 6 nitrogen and oxygen atoms in total. The molecule has 0 aliphatic rings. The van der Waals surface area contributed by atoms with E-state index in [1.807, 2.05) is 0 Å². The Hall–Kier alpha value is -2.08. The lowest BCUT2D eigenvalue weighted by Crippen LogP contribution is -2.32. The highest BCUT2D eigenvalue weighted by Gasteiger charge is 2.14. The predicted octanol–water partition coefficient (Wildman–Crippen LogP) is 1.21. The Morgan fingerprint density at radius 1 is 1.25 bits per heavy atom. The van der Waals surface area contributed by atoms with E-state index >= 15 is 0 Å². The van der Waals surface area contributed by atoms with Crippen LogP contribution in [0.25, 0.3) is 0 Å². The molecule has 0 bridgehead atoms. The lowest BCUT2D eigenvalue weighted by atomic mass is 10.1. The van der Waals surface area contributed by atoms with Gasteiger partial charge in [0.2, 0.25) is 0 Å². The molecule has 110 valence electrons. The Morgan fingerprint density at radius 2 is 1.85 bits per heavy atom.